The van der Waals surface area contributed by atoms with Crippen LogP contribution in [0.3, 0.4) is 0 Å². The number of amides is 3. The van der Waals surface area contributed by atoms with E-state index in [1.807, 2.05) is 0 Å². The molecule has 2 rings (SSSR count). The third-order valence-electron chi connectivity index (χ3n) is 4.94. The van der Waals surface area contributed by atoms with Crippen molar-refractivity contribution in [2.45, 2.75) is 50.0 Å². The quantitative estimate of drug-likeness (QED) is 0.692. The second-order valence-corrected chi connectivity index (χ2v) is 7.77. The first kappa shape index (κ1) is 22.4. The van der Waals surface area contributed by atoms with E-state index in [0.29, 0.717) is 6.42 Å². The molecule has 1 fully saturated rings. The van der Waals surface area contributed by atoms with Gasteiger partial charge in [0.2, 0.25) is 5.91 Å². The number of hydrogen-bond donors (Lipinski definition) is 2. The molecule has 2 unspecified atom stereocenters. The zero-order valence-corrected chi connectivity index (χ0v) is 16.1. The highest BCUT2D eigenvalue weighted by molar-refractivity contribution is 7.78. The zero-order valence-electron chi connectivity index (χ0n) is 15.3. The van der Waals surface area contributed by atoms with Gasteiger partial charge < -0.3 is 9.87 Å². The van der Waals surface area contributed by atoms with Crippen LogP contribution in [0.25, 0.3) is 0 Å². The average Bonchev–Trinajstić information content (AvgIpc) is 3.11. The Morgan fingerprint density at radius 1 is 1.29 bits per heavy atom. The van der Waals surface area contributed by atoms with E-state index < -0.39 is 46.4 Å². The summed E-state index contributed by atoms with van der Waals surface area (Å²) >= 11 is -2.68. The van der Waals surface area contributed by atoms with Gasteiger partial charge >= 0.3 is 12.2 Å². The molecule has 2 atom stereocenters. The summed E-state index contributed by atoms with van der Waals surface area (Å²) in [5.74, 6) is -2.20. The Kier molecular flexibility index (Phi) is 7.59. The normalized spacial score (nSPS) is 17.2. The van der Waals surface area contributed by atoms with Crippen LogP contribution in [0.5, 0.6) is 0 Å². The van der Waals surface area contributed by atoms with Crippen molar-refractivity contribution in [1.82, 2.24) is 10.6 Å². The molecule has 0 saturated heterocycles. The van der Waals surface area contributed by atoms with Gasteiger partial charge in [0.15, 0.2) is 0 Å². The Balaban J connectivity index is 2.41. The van der Waals surface area contributed by atoms with Crippen LogP contribution >= 0.6 is 0 Å². The topological polar surface area (TPSA) is 98.3 Å². The second-order valence-electron chi connectivity index (χ2n) is 6.87. The van der Waals surface area contributed by atoms with Crippen molar-refractivity contribution in [3.05, 3.63) is 34.9 Å². The lowest BCUT2D eigenvalue weighted by Gasteiger charge is -2.22. The highest BCUT2D eigenvalue weighted by Gasteiger charge is 2.35. The molecule has 1 aliphatic rings. The molecule has 0 radical (unpaired) electrons. The van der Waals surface area contributed by atoms with Crippen molar-refractivity contribution >= 4 is 23.0 Å². The van der Waals surface area contributed by atoms with Crippen LogP contribution in [0.4, 0.5) is 18.0 Å². The van der Waals surface area contributed by atoms with Gasteiger partial charge in [-0.2, -0.15) is 13.2 Å². The van der Waals surface area contributed by atoms with Crippen LogP contribution in [0.2, 0.25) is 0 Å². The van der Waals surface area contributed by atoms with E-state index >= 15 is 0 Å². The molecule has 156 valence electrons. The minimum Gasteiger partial charge on any atom is -0.772 e. The maximum absolute atomic E-state index is 13.4. The summed E-state index contributed by atoms with van der Waals surface area (Å²) in [6.07, 6.45) is -0.688. The molecule has 0 aliphatic heterocycles. The first-order valence-electron chi connectivity index (χ1n) is 8.90. The molecule has 10 heteroatoms. The molecule has 3 amide bonds. The fourth-order valence-electron chi connectivity index (χ4n) is 3.56. The van der Waals surface area contributed by atoms with Gasteiger partial charge in [-0.1, -0.05) is 48.9 Å². The first-order valence-corrected chi connectivity index (χ1v) is 10.1. The van der Waals surface area contributed by atoms with Crippen molar-refractivity contribution in [3.63, 3.8) is 0 Å². The van der Waals surface area contributed by atoms with Gasteiger partial charge in [-0.25, -0.2) is 4.79 Å². The summed E-state index contributed by atoms with van der Waals surface area (Å²) in [6.45, 7) is 0. The lowest BCUT2D eigenvalue weighted by atomic mass is 9.86. The summed E-state index contributed by atoms with van der Waals surface area (Å²) in [5, 5.41) is 4.38. The Bertz CT molecular complexity index is 749. The van der Waals surface area contributed by atoms with E-state index in [1.54, 1.807) is 0 Å². The smallest absolute Gasteiger partial charge is 0.416 e. The summed E-state index contributed by atoms with van der Waals surface area (Å²) in [4.78, 5) is 24.1. The molecule has 1 aromatic carbocycles. The summed E-state index contributed by atoms with van der Waals surface area (Å²) in [6, 6.07) is 2.50. The Morgan fingerprint density at radius 3 is 2.46 bits per heavy atom. The number of imide groups is 1. The van der Waals surface area contributed by atoms with Gasteiger partial charge in [-0.3, -0.25) is 14.3 Å². The van der Waals surface area contributed by atoms with E-state index in [1.165, 1.54) is 13.1 Å². The van der Waals surface area contributed by atoms with E-state index in [0.717, 1.165) is 37.8 Å². The van der Waals surface area contributed by atoms with Crippen LogP contribution in [0.1, 0.15) is 54.7 Å². The lowest BCUT2D eigenvalue weighted by Crippen LogP contribution is -2.40. The molecule has 1 aromatic rings. The van der Waals surface area contributed by atoms with E-state index in [4.69, 9.17) is 0 Å². The maximum Gasteiger partial charge on any atom is 0.416 e. The second kappa shape index (κ2) is 9.51. The molecule has 28 heavy (non-hydrogen) atoms. The predicted molar refractivity (Wildman–Crippen MR) is 96.0 cm³/mol. The zero-order chi connectivity index (χ0) is 20.9. The SMILES string of the molecule is CNC(=O)NC(=O)C(CC1CCCC1)c1ccc(CS(=O)[O-])c(C(F)(F)F)c1. The van der Waals surface area contributed by atoms with Crippen LogP contribution in [-0.2, 0) is 27.8 Å². The third kappa shape index (κ3) is 6.03. The van der Waals surface area contributed by atoms with Crippen molar-refractivity contribution in [3.8, 4) is 0 Å². The molecule has 1 saturated carbocycles. The number of nitrogens with one attached hydrogen (secondary N) is 2. The number of halogens is 3. The van der Waals surface area contributed by atoms with Crippen molar-refractivity contribution in [2.24, 2.45) is 5.92 Å². The monoisotopic (exact) mass is 419 g/mol. The van der Waals surface area contributed by atoms with Crippen LogP contribution < -0.4 is 10.6 Å². The standard InChI is InChI=1S/C18H23F3N2O4S/c1-22-17(25)23-16(24)14(8-11-4-2-3-5-11)12-6-7-13(10-28(26)27)15(9-12)18(19,20)21/h6-7,9,11,14H,2-5,8,10H2,1H3,(H,26,27)(H2,22,23,24,25)/p-1. The van der Waals surface area contributed by atoms with Crippen molar-refractivity contribution in [2.75, 3.05) is 7.05 Å². The minimum absolute atomic E-state index is 0.112. The minimum atomic E-state index is -4.76. The molecular weight excluding hydrogens is 397 g/mol. The molecular formula is C18H22F3N2O4S-. The van der Waals surface area contributed by atoms with E-state index in [2.05, 4.69) is 10.6 Å². The average molecular weight is 419 g/mol. The van der Waals surface area contributed by atoms with Gasteiger partial charge in [-0.15, -0.1) is 0 Å². The molecule has 0 aromatic heterocycles. The van der Waals surface area contributed by atoms with Crippen molar-refractivity contribution in [1.29, 1.82) is 0 Å². The van der Waals surface area contributed by atoms with Crippen LogP contribution in [0.15, 0.2) is 18.2 Å². The van der Waals surface area contributed by atoms with Gasteiger partial charge in [0.1, 0.15) is 0 Å². The molecule has 6 nitrogen and oxygen atoms in total. The van der Waals surface area contributed by atoms with Gasteiger partial charge in [0.25, 0.3) is 0 Å². The summed E-state index contributed by atoms with van der Waals surface area (Å²) < 4.78 is 62.1. The first-order chi connectivity index (χ1) is 13.1. The number of benzene rings is 1. The maximum atomic E-state index is 13.4. The highest BCUT2D eigenvalue weighted by Crippen LogP contribution is 2.38. The van der Waals surface area contributed by atoms with Gasteiger partial charge in [0.05, 0.1) is 11.5 Å². The van der Waals surface area contributed by atoms with E-state index in [-0.39, 0.29) is 17.0 Å². The number of hydrogen-bond acceptors (Lipinski definition) is 4. The number of alkyl halides is 3. The van der Waals surface area contributed by atoms with Gasteiger partial charge in [-0.05, 0) is 29.5 Å². The highest BCUT2D eigenvalue weighted by atomic mass is 32.2. The Morgan fingerprint density at radius 2 is 1.93 bits per heavy atom. The molecule has 0 bridgehead atoms. The largest absolute Gasteiger partial charge is 0.772 e. The summed E-state index contributed by atoms with van der Waals surface area (Å²) in [7, 11) is 1.33. The number of carbonyl (C=O) groups excluding carboxylic acids is 2. The van der Waals surface area contributed by atoms with E-state index in [9.17, 15) is 31.5 Å². The fraction of sp³-hybridized carbons (Fsp3) is 0.556. The number of rotatable bonds is 6. The predicted octanol–water partition coefficient (Wildman–Crippen LogP) is 3.20. The fourth-order valence-corrected chi connectivity index (χ4v) is 4.07. The van der Waals surface area contributed by atoms with Gasteiger partial charge in [0, 0.05) is 12.8 Å². The molecule has 2 N–H and O–H groups in total. The third-order valence-corrected chi connectivity index (χ3v) is 5.49. The van der Waals surface area contributed by atoms with Crippen molar-refractivity contribution < 1.29 is 31.5 Å². The summed E-state index contributed by atoms with van der Waals surface area (Å²) in [5.41, 5.74) is -1.35. The van der Waals surface area contributed by atoms with Crippen LogP contribution in [-0.4, -0.2) is 27.7 Å². The Labute approximate surface area is 163 Å². The Hall–Kier alpha value is -1.94. The molecule has 1 aliphatic carbocycles. The lowest BCUT2D eigenvalue weighted by molar-refractivity contribution is -0.138. The number of urea groups is 1. The molecule has 0 heterocycles. The number of carbonyl (C=O) groups is 2. The molecule has 0 spiro atoms. The van der Waals surface area contributed by atoms with Crippen LogP contribution in [0, 0.1) is 5.92 Å².